The zero-order valence-electron chi connectivity index (χ0n) is 12.6. The molecule has 20 heavy (non-hydrogen) atoms. The second kappa shape index (κ2) is 6.23. The van der Waals surface area contributed by atoms with E-state index in [2.05, 4.69) is 27.4 Å². The van der Waals surface area contributed by atoms with Crippen molar-refractivity contribution in [2.24, 2.45) is 5.41 Å². The fraction of sp³-hybridized carbons (Fsp3) is 0.294. The molecule has 3 heteroatoms. The van der Waals surface area contributed by atoms with Crippen molar-refractivity contribution in [1.29, 1.82) is 0 Å². The Morgan fingerprint density at radius 1 is 1.10 bits per heavy atom. The Kier molecular flexibility index (Phi) is 5.12. The Bertz CT molecular complexity index is 627. The lowest BCUT2D eigenvalue weighted by Gasteiger charge is -2.20. The van der Waals surface area contributed by atoms with Crippen LogP contribution in [-0.4, -0.2) is 8.42 Å². The molecule has 0 bridgehead atoms. The quantitative estimate of drug-likeness (QED) is 0.764. The highest BCUT2D eigenvalue weighted by Gasteiger charge is 2.18. The van der Waals surface area contributed by atoms with Gasteiger partial charge in [-0.2, -0.15) is 0 Å². The standard InChI is InChI=1S/C17H22O2S/c1-6-15(17(3,4)5)13-12-14(2)20(18,19)16-10-8-7-9-11-16/h6-13H,2H2,1,3-5H3/b13-12-,15-6+. The zero-order chi connectivity index (χ0) is 15.4. The predicted octanol–water partition coefficient (Wildman–Crippen LogP) is 4.52. The molecule has 0 atom stereocenters. The van der Waals surface area contributed by atoms with Crippen molar-refractivity contribution < 1.29 is 8.42 Å². The Labute approximate surface area is 122 Å². The molecule has 0 N–H and O–H groups in total. The monoisotopic (exact) mass is 290 g/mol. The number of hydrogen-bond donors (Lipinski definition) is 0. The van der Waals surface area contributed by atoms with E-state index in [0.29, 0.717) is 0 Å². The van der Waals surface area contributed by atoms with Gasteiger partial charge >= 0.3 is 0 Å². The zero-order valence-corrected chi connectivity index (χ0v) is 13.4. The Hall–Kier alpha value is -1.61. The highest BCUT2D eigenvalue weighted by molar-refractivity contribution is 7.95. The summed E-state index contributed by atoms with van der Waals surface area (Å²) in [5.74, 6) is 0. The van der Waals surface area contributed by atoms with Gasteiger partial charge in [0.25, 0.3) is 0 Å². The summed E-state index contributed by atoms with van der Waals surface area (Å²) in [4.78, 5) is 0.375. The first-order valence-electron chi connectivity index (χ1n) is 6.53. The third kappa shape index (κ3) is 3.94. The Balaban J connectivity index is 3.04. The SMILES string of the molecule is C=C(/C=C\C(=C/C)C(C)(C)C)S(=O)(=O)c1ccccc1. The lowest BCUT2D eigenvalue weighted by atomic mass is 9.86. The van der Waals surface area contributed by atoms with Gasteiger partial charge in [0.1, 0.15) is 0 Å². The van der Waals surface area contributed by atoms with Crippen LogP contribution in [0.25, 0.3) is 0 Å². The summed E-state index contributed by atoms with van der Waals surface area (Å²) in [5, 5.41) is 0. The molecule has 0 aliphatic heterocycles. The van der Waals surface area contributed by atoms with Gasteiger partial charge in [-0.3, -0.25) is 0 Å². The topological polar surface area (TPSA) is 34.1 Å². The first-order valence-corrected chi connectivity index (χ1v) is 8.02. The number of allylic oxidation sites excluding steroid dienone is 4. The van der Waals surface area contributed by atoms with Crippen LogP contribution in [0.4, 0.5) is 0 Å². The van der Waals surface area contributed by atoms with E-state index in [1.165, 1.54) is 0 Å². The van der Waals surface area contributed by atoms with Crippen LogP contribution in [0.1, 0.15) is 27.7 Å². The number of sulfone groups is 1. The lowest BCUT2D eigenvalue weighted by Crippen LogP contribution is -2.08. The highest BCUT2D eigenvalue weighted by Crippen LogP contribution is 2.27. The number of rotatable bonds is 4. The minimum Gasteiger partial charge on any atom is -0.219 e. The van der Waals surface area contributed by atoms with E-state index in [1.54, 1.807) is 36.4 Å². The van der Waals surface area contributed by atoms with E-state index in [0.717, 1.165) is 5.57 Å². The van der Waals surface area contributed by atoms with Crippen LogP contribution < -0.4 is 0 Å². The molecule has 1 aromatic rings. The summed E-state index contributed by atoms with van der Waals surface area (Å²) < 4.78 is 24.6. The van der Waals surface area contributed by atoms with Gasteiger partial charge < -0.3 is 0 Å². The smallest absolute Gasteiger partial charge is 0.206 e. The van der Waals surface area contributed by atoms with Crippen molar-refractivity contribution in [3.8, 4) is 0 Å². The molecule has 108 valence electrons. The first-order chi connectivity index (χ1) is 9.19. The molecule has 0 fully saturated rings. The molecule has 0 saturated carbocycles. The molecule has 0 aromatic heterocycles. The van der Waals surface area contributed by atoms with E-state index in [4.69, 9.17) is 0 Å². The lowest BCUT2D eigenvalue weighted by molar-refractivity contribution is 0.516. The predicted molar refractivity (Wildman–Crippen MR) is 85.1 cm³/mol. The van der Waals surface area contributed by atoms with Gasteiger partial charge in [0.05, 0.1) is 9.80 Å². The fourth-order valence-electron chi connectivity index (χ4n) is 1.80. The fourth-order valence-corrected chi connectivity index (χ4v) is 2.87. The van der Waals surface area contributed by atoms with Crippen LogP contribution >= 0.6 is 0 Å². The van der Waals surface area contributed by atoms with Crippen molar-refractivity contribution in [1.82, 2.24) is 0 Å². The second-order valence-corrected chi connectivity index (χ2v) is 7.61. The molecular weight excluding hydrogens is 268 g/mol. The maximum atomic E-state index is 12.3. The molecule has 0 heterocycles. The van der Waals surface area contributed by atoms with E-state index >= 15 is 0 Å². The van der Waals surface area contributed by atoms with E-state index < -0.39 is 9.84 Å². The van der Waals surface area contributed by atoms with Crippen LogP contribution in [0.5, 0.6) is 0 Å². The van der Waals surface area contributed by atoms with Crippen LogP contribution in [-0.2, 0) is 9.84 Å². The van der Waals surface area contributed by atoms with Crippen molar-refractivity contribution in [2.45, 2.75) is 32.6 Å². The van der Waals surface area contributed by atoms with Crippen LogP contribution in [0.2, 0.25) is 0 Å². The van der Waals surface area contributed by atoms with E-state index in [-0.39, 0.29) is 15.2 Å². The average Bonchev–Trinajstić information content (AvgIpc) is 2.38. The average molecular weight is 290 g/mol. The Morgan fingerprint density at radius 3 is 2.10 bits per heavy atom. The summed E-state index contributed by atoms with van der Waals surface area (Å²) in [7, 11) is -3.50. The third-order valence-corrected chi connectivity index (χ3v) is 4.74. The van der Waals surface area contributed by atoms with Gasteiger partial charge in [-0.15, -0.1) is 0 Å². The maximum Gasteiger partial charge on any atom is 0.206 e. The molecule has 0 saturated heterocycles. The molecule has 0 amide bonds. The van der Waals surface area contributed by atoms with Crippen LogP contribution in [0, 0.1) is 5.41 Å². The second-order valence-electron chi connectivity index (χ2n) is 5.61. The van der Waals surface area contributed by atoms with Crippen molar-refractivity contribution >= 4 is 9.84 Å². The summed E-state index contributed by atoms with van der Waals surface area (Å²) in [6, 6.07) is 8.35. The molecule has 0 aliphatic rings. The Morgan fingerprint density at radius 2 is 1.65 bits per heavy atom. The molecule has 2 nitrogen and oxygen atoms in total. The van der Waals surface area contributed by atoms with Gasteiger partial charge in [0.15, 0.2) is 0 Å². The molecular formula is C17H22O2S. The molecule has 1 rings (SSSR count). The van der Waals surface area contributed by atoms with E-state index in [1.807, 2.05) is 19.1 Å². The maximum absolute atomic E-state index is 12.3. The minimum absolute atomic E-state index is 0.0258. The molecule has 0 aliphatic carbocycles. The minimum atomic E-state index is -3.50. The highest BCUT2D eigenvalue weighted by atomic mass is 32.2. The summed E-state index contributed by atoms with van der Waals surface area (Å²) in [6.45, 7) is 11.9. The molecule has 0 radical (unpaired) electrons. The van der Waals surface area contributed by atoms with Crippen LogP contribution in [0.3, 0.4) is 0 Å². The normalized spacial score (nSPS) is 13.7. The van der Waals surface area contributed by atoms with Crippen LogP contribution in [0.15, 0.2) is 70.5 Å². The summed E-state index contributed by atoms with van der Waals surface area (Å²) in [5.41, 5.74) is 1.05. The molecule has 1 aromatic carbocycles. The van der Waals surface area contributed by atoms with Gasteiger partial charge in [-0.25, -0.2) is 8.42 Å². The van der Waals surface area contributed by atoms with Crippen molar-refractivity contribution in [3.63, 3.8) is 0 Å². The van der Waals surface area contributed by atoms with Gasteiger partial charge in [0, 0.05) is 0 Å². The summed E-state index contributed by atoms with van der Waals surface area (Å²) in [6.07, 6.45) is 5.38. The van der Waals surface area contributed by atoms with Gasteiger partial charge in [-0.05, 0) is 36.1 Å². The van der Waals surface area contributed by atoms with Gasteiger partial charge in [-0.1, -0.05) is 57.7 Å². The molecule has 0 spiro atoms. The largest absolute Gasteiger partial charge is 0.219 e. The number of benzene rings is 1. The van der Waals surface area contributed by atoms with Gasteiger partial charge in [0.2, 0.25) is 9.84 Å². The van der Waals surface area contributed by atoms with Crippen molar-refractivity contribution in [2.75, 3.05) is 0 Å². The van der Waals surface area contributed by atoms with Crippen molar-refractivity contribution in [3.05, 3.63) is 65.6 Å². The first kappa shape index (κ1) is 16.4. The third-order valence-electron chi connectivity index (χ3n) is 3.02. The molecule has 0 unspecified atom stereocenters. The number of hydrogen-bond acceptors (Lipinski definition) is 2. The summed E-state index contributed by atoms with van der Waals surface area (Å²) >= 11 is 0. The van der Waals surface area contributed by atoms with E-state index in [9.17, 15) is 8.42 Å².